The number of hydrogen-bond donors (Lipinski definition) is 1. The first kappa shape index (κ1) is 20.4. The maximum Gasteiger partial charge on any atom is 0.277 e. The van der Waals surface area contributed by atoms with Gasteiger partial charge in [0.1, 0.15) is 11.4 Å². The van der Waals surface area contributed by atoms with Crippen LogP contribution in [0.5, 0.6) is 5.75 Å². The van der Waals surface area contributed by atoms with Gasteiger partial charge in [0.25, 0.3) is 11.8 Å². The number of benzene rings is 1. The Hall–Kier alpha value is -2.38. The van der Waals surface area contributed by atoms with E-state index < -0.39 is 0 Å². The van der Waals surface area contributed by atoms with E-state index >= 15 is 0 Å². The summed E-state index contributed by atoms with van der Waals surface area (Å²) >= 11 is 0. The Morgan fingerprint density at radius 1 is 1.25 bits per heavy atom. The van der Waals surface area contributed by atoms with Gasteiger partial charge < -0.3 is 19.5 Å². The van der Waals surface area contributed by atoms with E-state index in [0.717, 1.165) is 25.0 Å². The quantitative estimate of drug-likeness (QED) is 0.648. The van der Waals surface area contributed by atoms with E-state index in [1.54, 1.807) is 24.1 Å². The molecule has 2 aliphatic heterocycles. The van der Waals surface area contributed by atoms with Gasteiger partial charge in [0.2, 0.25) is 0 Å². The molecule has 0 spiro atoms. The monoisotopic (exact) mass is 388 g/mol. The van der Waals surface area contributed by atoms with Gasteiger partial charge >= 0.3 is 0 Å². The lowest BCUT2D eigenvalue weighted by Crippen LogP contribution is -2.39. The maximum absolute atomic E-state index is 13.2. The molecule has 3 rings (SSSR count). The molecule has 2 aliphatic rings. The van der Waals surface area contributed by atoms with Crippen molar-refractivity contribution < 1.29 is 24.2 Å². The predicted octanol–water partition coefficient (Wildman–Crippen LogP) is 1.66. The summed E-state index contributed by atoms with van der Waals surface area (Å²) in [4.78, 5) is 29.1. The van der Waals surface area contributed by atoms with Crippen molar-refractivity contribution in [3.05, 3.63) is 35.5 Å². The van der Waals surface area contributed by atoms with E-state index in [-0.39, 0.29) is 37.6 Å². The van der Waals surface area contributed by atoms with Crippen molar-refractivity contribution >= 4 is 17.4 Å². The van der Waals surface area contributed by atoms with Crippen LogP contribution in [0.2, 0.25) is 0 Å². The zero-order chi connectivity index (χ0) is 20.1. The molecule has 1 fully saturated rings. The third-order valence-electron chi connectivity index (χ3n) is 4.99. The van der Waals surface area contributed by atoms with Gasteiger partial charge in [-0.25, -0.2) is 0 Å². The van der Waals surface area contributed by atoms with Crippen molar-refractivity contribution in [3.63, 3.8) is 0 Å². The van der Waals surface area contributed by atoms with Gasteiger partial charge in [-0.3, -0.25) is 14.5 Å². The van der Waals surface area contributed by atoms with Gasteiger partial charge in [0.15, 0.2) is 0 Å². The molecule has 28 heavy (non-hydrogen) atoms. The zero-order valence-electron chi connectivity index (χ0n) is 16.5. The minimum absolute atomic E-state index is 0.107. The van der Waals surface area contributed by atoms with Crippen LogP contribution in [0.3, 0.4) is 0 Å². The van der Waals surface area contributed by atoms with E-state index in [4.69, 9.17) is 9.47 Å². The highest BCUT2D eigenvalue weighted by atomic mass is 16.5. The number of hydrogen-bond acceptors (Lipinski definition) is 6. The Morgan fingerprint density at radius 2 is 2.00 bits per heavy atom. The standard InChI is InChI=1S/C21H28N2O5/c1-3-12-27-16-8-6-15(7-9-16)18-19(22(2)10-11-24)21(26)23(20(18)25)14-17-5-4-13-28-17/h6-9,17,24H,3-5,10-14H2,1-2H3. The molecule has 0 aromatic heterocycles. The highest BCUT2D eigenvalue weighted by Crippen LogP contribution is 2.32. The highest BCUT2D eigenvalue weighted by molar-refractivity contribution is 6.35. The average molecular weight is 388 g/mol. The number of ether oxygens (including phenoxy) is 2. The topological polar surface area (TPSA) is 79.3 Å². The average Bonchev–Trinajstić information content (AvgIpc) is 3.29. The third-order valence-corrected chi connectivity index (χ3v) is 4.99. The predicted molar refractivity (Wildman–Crippen MR) is 105 cm³/mol. The summed E-state index contributed by atoms with van der Waals surface area (Å²) in [6.45, 7) is 3.74. The molecule has 1 unspecified atom stereocenters. The Morgan fingerprint density at radius 3 is 2.61 bits per heavy atom. The minimum Gasteiger partial charge on any atom is -0.494 e. The fraction of sp³-hybridized carbons (Fsp3) is 0.524. The van der Waals surface area contributed by atoms with Gasteiger partial charge in [-0.1, -0.05) is 19.1 Å². The van der Waals surface area contributed by atoms with Gasteiger partial charge in [0.05, 0.1) is 31.4 Å². The summed E-state index contributed by atoms with van der Waals surface area (Å²) in [7, 11) is 1.71. The third kappa shape index (κ3) is 4.20. The maximum atomic E-state index is 13.2. The van der Waals surface area contributed by atoms with Crippen molar-refractivity contribution in [2.24, 2.45) is 0 Å². The van der Waals surface area contributed by atoms with Crippen LogP contribution >= 0.6 is 0 Å². The second kappa shape index (κ2) is 9.21. The lowest BCUT2D eigenvalue weighted by Gasteiger charge is -2.22. The zero-order valence-corrected chi connectivity index (χ0v) is 16.5. The number of aliphatic hydroxyl groups excluding tert-OH is 1. The fourth-order valence-electron chi connectivity index (χ4n) is 3.53. The molecule has 1 aromatic rings. The van der Waals surface area contributed by atoms with Gasteiger partial charge in [-0.2, -0.15) is 0 Å². The van der Waals surface area contributed by atoms with Gasteiger partial charge in [-0.05, 0) is 37.0 Å². The van der Waals surface area contributed by atoms with Crippen LogP contribution in [0.1, 0.15) is 31.7 Å². The number of likely N-dealkylation sites (N-methyl/N-ethyl adjacent to an activating group) is 1. The summed E-state index contributed by atoms with van der Waals surface area (Å²) < 4.78 is 11.2. The van der Waals surface area contributed by atoms with E-state index in [1.807, 2.05) is 19.1 Å². The molecular weight excluding hydrogens is 360 g/mol. The first-order chi connectivity index (χ1) is 13.6. The molecule has 1 aromatic carbocycles. The van der Waals surface area contributed by atoms with Crippen molar-refractivity contribution in [1.82, 2.24) is 9.80 Å². The number of imide groups is 1. The number of nitrogens with zero attached hydrogens (tertiary/aromatic N) is 2. The number of amides is 2. The Balaban J connectivity index is 1.90. The lowest BCUT2D eigenvalue weighted by molar-refractivity contribution is -0.139. The Labute approximate surface area is 165 Å². The summed E-state index contributed by atoms with van der Waals surface area (Å²) in [6, 6.07) is 7.21. The second-order valence-corrected chi connectivity index (χ2v) is 7.10. The Bertz CT molecular complexity index is 738. The molecule has 7 heteroatoms. The van der Waals surface area contributed by atoms with Crippen LogP contribution in [-0.4, -0.2) is 72.8 Å². The first-order valence-electron chi connectivity index (χ1n) is 9.84. The number of rotatable bonds is 9. The number of carbonyl (C=O) groups excluding carboxylic acids is 2. The molecular formula is C21H28N2O5. The molecule has 0 aliphatic carbocycles. The molecule has 2 amide bonds. The van der Waals surface area contributed by atoms with Crippen molar-refractivity contribution in [2.45, 2.75) is 32.3 Å². The second-order valence-electron chi connectivity index (χ2n) is 7.10. The van der Waals surface area contributed by atoms with E-state index in [2.05, 4.69) is 0 Å². The SMILES string of the molecule is CCCOc1ccc(C2=C(N(C)CCO)C(=O)N(CC3CCCO3)C2=O)cc1. The van der Waals surface area contributed by atoms with Crippen molar-refractivity contribution in [2.75, 3.05) is 40.0 Å². The fourth-order valence-corrected chi connectivity index (χ4v) is 3.53. The summed E-state index contributed by atoms with van der Waals surface area (Å²) in [5, 5.41) is 9.31. The number of carbonyl (C=O) groups is 2. The van der Waals surface area contributed by atoms with Gasteiger partial charge in [0, 0.05) is 20.2 Å². The molecule has 1 saturated heterocycles. The highest BCUT2D eigenvalue weighted by Gasteiger charge is 2.42. The largest absolute Gasteiger partial charge is 0.494 e. The van der Waals surface area contributed by atoms with Crippen LogP contribution < -0.4 is 4.74 Å². The molecule has 0 saturated carbocycles. The van der Waals surface area contributed by atoms with Crippen molar-refractivity contribution in [1.29, 1.82) is 0 Å². The molecule has 1 N–H and O–H groups in total. The van der Waals surface area contributed by atoms with E-state index in [0.29, 0.717) is 30.0 Å². The summed E-state index contributed by atoms with van der Waals surface area (Å²) in [5.74, 6) is 0.0738. The Kier molecular flexibility index (Phi) is 6.70. The normalized spacial score (nSPS) is 19.7. The van der Waals surface area contributed by atoms with Crippen LogP contribution in [-0.2, 0) is 14.3 Å². The van der Waals surface area contributed by atoms with Crippen LogP contribution in [0.25, 0.3) is 5.57 Å². The minimum atomic E-state index is -0.335. The van der Waals surface area contributed by atoms with Gasteiger partial charge in [-0.15, -0.1) is 0 Å². The molecule has 1 atom stereocenters. The molecule has 2 heterocycles. The molecule has 0 bridgehead atoms. The van der Waals surface area contributed by atoms with E-state index in [9.17, 15) is 14.7 Å². The van der Waals surface area contributed by atoms with Crippen molar-refractivity contribution in [3.8, 4) is 5.75 Å². The number of aliphatic hydroxyl groups is 1. The molecule has 0 radical (unpaired) electrons. The first-order valence-corrected chi connectivity index (χ1v) is 9.84. The molecule has 7 nitrogen and oxygen atoms in total. The summed E-state index contributed by atoms with van der Waals surface area (Å²) in [5.41, 5.74) is 1.34. The van der Waals surface area contributed by atoms with Crippen LogP contribution in [0, 0.1) is 0 Å². The van der Waals surface area contributed by atoms with Crippen LogP contribution in [0.15, 0.2) is 30.0 Å². The molecule has 152 valence electrons. The summed E-state index contributed by atoms with van der Waals surface area (Å²) in [6.07, 6.45) is 2.59. The smallest absolute Gasteiger partial charge is 0.277 e. The van der Waals surface area contributed by atoms with E-state index in [1.165, 1.54) is 4.90 Å². The lowest BCUT2D eigenvalue weighted by atomic mass is 10.0. The van der Waals surface area contributed by atoms with Crippen LogP contribution in [0.4, 0.5) is 0 Å².